The Balaban J connectivity index is 1.69. The van der Waals surface area contributed by atoms with E-state index in [2.05, 4.69) is 15.0 Å². The predicted octanol–water partition coefficient (Wildman–Crippen LogP) is 1.10. The van der Waals surface area contributed by atoms with E-state index in [1.54, 1.807) is 10.7 Å². The van der Waals surface area contributed by atoms with Crippen LogP contribution in [0.2, 0.25) is 0 Å². The summed E-state index contributed by atoms with van der Waals surface area (Å²) in [6.07, 6.45) is 6.92. The Kier molecular flexibility index (Phi) is 1.90. The van der Waals surface area contributed by atoms with Crippen molar-refractivity contribution in [2.45, 2.75) is 25.0 Å². The van der Waals surface area contributed by atoms with Crippen molar-refractivity contribution in [3.63, 3.8) is 0 Å². The normalized spacial score (nSPS) is 27.9. The second-order valence-corrected chi connectivity index (χ2v) is 4.78. The summed E-state index contributed by atoms with van der Waals surface area (Å²) >= 11 is 0. The third-order valence-electron chi connectivity index (χ3n) is 3.61. The van der Waals surface area contributed by atoms with Crippen molar-refractivity contribution >= 4 is 11.5 Å². The van der Waals surface area contributed by atoms with Crippen molar-refractivity contribution in [1.29, 1.82) is 0 Å². The Morgan fingerprint density at radius 2 is 2.00 bits per heavy atom. The molecule has 2 fully saturated rings. The van der Waals surface area contributed by atoms with Crippen LogP contribution in [0.4, 0.5) is 5.82 Å². The molecule has 4 rings (SSSR count). The van der Waals surface area contributed by atoms with Gasteiger partial charge in [-0.25, -0.2) is 9.50 Å². The molecule has 0 unspecified atom stereocenters. The molecule has 0 radical (unpaired) electrons. The van der Waals surface area contributed by atoms with Gasteiger partial charge in [0.05, 0.1) is 18.4 Å². The largest absolute Gasteiger partial charge is 0.371 e. The summed E-state index contributed by atoms with van der Waals surface area (Å²) in [5, 5.41) is 4.16. The molecule has 5 nitrogen and oxygen atoms in total. The van der Waals surface area contributed by atoms with Crippen LogP contribution in [0.5, 0.6) is 0 Å². The minimum absolute atomic E-state index is 0.400. The average molecular weight is 230 g/mol. The van der Waals surface area contributed by atoms with E-state index >= 15 is 0 Å². The van der Waals surface area contributed by atoms with Gasteiger partial charge in [-0.2, -0.15) is 5.10 Å². The number of rotatable bonds is 1. The summed E-state index contributed by atoms with van der Waals surface area (Å²) in [6.45, 7) is 1.93. The molecule has 17 heavy (non-hydrogen) atoms. The Morgan fingerprint density at radius 3 is 2.82 bits per heavy atom. The molecule has 2 atom stereocenters. The monoisotopic (exact) mass is 230 g/mol. The molecule has 88 valence electrons. The van der Waals surface area contributed by atoms with Crippen molar-refractivity contribution in [2.24, 2.45) is 0 Å². The first kappa shape index (κ1) is 9.41. The first-order valence-electron chi connectivity index (χ1n) is 6.09. The highest BCUT2D eigenvalue weighted by molar-refractivity contribution is 5.47. The van der Waals surface area contributed by atoms with Crippen LogP contribution in [0.15, 0.2) is 24.5 Å². The number of aromatic nitrogens is 3. The van der Waals surface area contributed by atoms with Gasteiger partial charge < -0.3 is 9.64 Å². The second kappa shape index (κ2) is 3.43. The lowest BCUT2D eigenvalue weighted by atomic mass is 10.2. The predicted molar refractivity (Wildman–Crippen MR) is 63.1 cm³/mol. The van der Waals surface area contributed by atoms with E-state index in [0.717, 1.165) is 24.6 Å². The van der Waals surface area contributed by atoms with Crippen molar-refractivity contribution in [3.05, 3.63) is 24.5 Å². The number of anilines is 1. The fraction of sp³-hybridized carbons (Fsp3) is 0.500. The van der Waals surface area contributed by atoms with Gasteiger partial charge in [0.1, 0.15) is 5.82 Å². The van der Waals surface area contributed by atoms with Gasteiger partial charge in [0.25, 0.3) is 0 Å². The molecule has 4 heterocycles. The zero-order valence-corrected chi connectivity index (χ0v) is 9.49. The molecule has 5 heteroatoms. The van der Waals surface area contributed by atoms with Gasteiger partial charge in [-0.05, 0) is 18.9 Å². The van der Waals surface area contributed by atoms with E-state index in [1.165, 1.54) is 12.8 Å². The van der Waals surface area contributed by atoms with Gasteiger partial charge in [-0.3, -0.25) is 0 Å². The third kappa shape index (κ3) is 1.50. The molecular weight excluding hydrogens is 216 g/mol. The first-order chi connectivity index (χ1) is 8.38. The van der Waals surface area contributed by atoms with E-state index in [-0.39, 0.29) is 0 Å². The van der Waals surface area contributed by atoms with Gasteiger partial charge >= 0.3 is 0 Å². The summed E-state index contributed by atoms with van der Waals surface area (Å²) in [4.78, 5) is 6.96. The first-order valence-corrected chi connectivity index (χ1v) is 6.09. The lowest BCUT2D eigenvalue weighted by molar-refractivity contribution is 0.0302. The van der Waals surface area contributed by atoms with E-state index in [1.807, 2.05) is 18.3 Å². The standard InChI is InChI=1S/C12H14N4O/c1-2-10-8-15(7-9(1)17-10)11-4-6-16-12(14-11)3-5-13-16/h3-6,9-10H,1-2,7-8H2/t9-,10+. The van der Waals surface area contributed by atoms with Gasteiger partial charge in [0, 0.05) is 25.4 Å². The Morgan fingerprint density at radius 1 is 1.18 bits per heavy atom. The van der Waals surface area contributed by atoms with E-state index in [4.69, 9.17) is 4.74 Å². The van der Waals surface area contributed by atoms with Crippen molar-refractivity contribution < 1.29 is 4.74 Å². The van der Waals surface area contributed by atoms with E-state index in [0.29, 0.717) is 12.2 Å². The summed E-state index contributed by atoms with van der Waals surface area (Å²) in [5.41, 5.74) is 0.904. The van der Waals surface area contributed by atoms with Crippen LogP contribution in [0, 0.1) is 0 Å². The third-order valence-corrected chi connectivity index (χ3v) is 3.61. The van der Waals surface area contributed by atoms with Crippen LogP contribution in [0.3, 0.4) is 0 Å². The van der Waals surface area contributed by atoms with Gasteiger partial charge in [-0.15, -0.1) is 0 Å². The average Bonchev–Trinajstić information content (AvgIpc) is 2.94. The summed E-state index contributed by atoms with van der Waals surface area (Å²) in [5.74, 6) is 1.04. The lowest BCUT2D eigenvalue weighted by Gasteiger charge is -2.32. The van der Waals surface area contributed by atoms with Crippen LogP contribution < -0.4 is 4.90 Å². The van der Waals surface area contributed by atoms with E-state index < -0.39 is 0 Å². The van der Waals surface area contributed by atoms with Crippen molar-refractivity contribution in [1.82, 2.24) is 14.6 Å². The smallest absolute Gasteiger partial charge is 0.157 e. The number of hydrogen-bond donors (Lipinski definition) is 0. The zero-order chi connectivity index (χ0) is 11.2. The Hall–Kier alpha value is -1.62. The summed E-state index contributed by atoms with van der Waals surface area (Å²) < 4.78 is 7.62. The highest BCUT2D eigenvalue weighted by atomic mass is 16.5. The van der Waals surface area contributed by atoms with Crippen molar-refractivity contribution in [2.75, 3.05) is 18.0 Å². The Labute approximate surface area is 99.0 Å². The number of hydrogen-bond acceptors (Lipinski definition) is 4. The molecule has 0 spiro atoms. The summed E-state index contributed by atoms with van der Waals surface area (Å²) in [6, 6.07) is 3.96. The van der Waals surface area contributed by atoms with Crippen LogP contribution in [0.25, 0.3) is 5.65 Å². The molecule has 2 aliphatic rings. The maximum absolute atomic E-state index is 5.83. The molecular formula is C12H14N4O. The van der Waals surface area contributed by atoms with Gasteiger partial charge in [-0.1, -0.05) is 0 Å². The Bertz CT molecular complexity index is 540. The van der Waals surface area contributed by atoms with Crippen molar-refractivity contribution in [3.8, 4) is 0 Å². The van der Waals surface area contributed by atoms with Crippen LogP contribution in [-0.2, 0) is 4.74 Å². The molecule has 0 saturated carbocycles. The second-order valence-electron chi connectivity index (χ2n) is 4.78. The fourth-order valence-corrected chi connectivity index (χ4v) is 2.78. The molecule has 0 aliphatic carbocycles. The number of morpholine rings is 1. The zero-order valence-electron chi connectivity index (χ0n) is 9.49. The van der Waals surface area contributed by atoms with Crippen LogP contribution >= 0.6 is 0 Å². The molecule has 0 amide bonds. The number of fused-ring (bicyclic) bond motifs is 3. The molecule has 2 aromatic heterocycles. The maximum Gasteiger partial charge on any atom is 0.157 e. The highest BCUT2D eigenvalue weighted by Crippen LogP contribution is 2.28. The SMILES string of the molecule is c1cc2nc(N3C[C@H]4CC[C@@H](C3)O4)ccn2n1. The van der Waals surface area contributed by atoms with Crippen LogP contribution in [-0.4, -0.2) is 39.9 Å². The number of ether oxygens (including phenoxy) is 1. The van der Waals surface area contributed by atoms with Gasteiger partial charge in [0.15, 0.2) is 5.65 Å². The number of nitrogens with zero attached hydrogens (tertiary/aromatic N) is 4. The fourth-order valence-electron chi connectivity index (χ4n) is 2.78. The van der Waals surface area contributed by atoms with E-state index in [9.17, 15) is 0 Å². The summed E-state index contributed by atoms with van der Waals surface area (Å²) in [7, 11) is 0. The van der Waals surface area contributed by atoms with Crippen LogP contribution in [0.1, 0.15) is 12.8 Å². The molecule has 0 N–H and O–H groups in total. The molecule has 2 saturated heterocycles. The topological polar surface area (TPSA) is 42.7 Å². The molecule has 0 aromatic carbocycles. The van der Waals surface area contributed by atoms with Gasteiger partial charge in [0.2, 0.25) is 0 Å². The minimum Gasteiger partial charge on any atom is -0.371 e. The quantitative estimate of drug-likeness (QED) is 0.735. The lowest BCUT2D eigenvalue weighted by Crippen LogP contribution is -2.43. The maximum atomic E-state index is 5.83. The molecule has 2 aromatic rings. The highest BCUT2D eigenvalue weighted by Gasteiger charge is 2.34. The molecule has 2 aliphatic heterocycles. The molecule has 2 bridgehead atoms. The minimum atomic E-state index is 0.400.